The van der Waals surface area contributed by atoms with Gasteiger partial charge in [-0.3, -0.25) is 4.90 Å². The molecule has 1 fully saturated rings. The van der Waals surface area contributed by atoms with Crippen molar-refractivity contribution in [2.45, 2.75) is 20.0 Å². The molecule has 0 bridgehead atoms. The third-order valence-corrected chi connectivity index (χ3v) is 5.58. The van der Waals surface area contributed by atoms with Crippen molar-refractivity contribution >= 4 is 16.9 Å². The van der Waals surface area contributed by atoms with Gasteiger partial charge in [-0.1, -0.05) is 35.9 Å². The summed E-state index contributed by atoms with van der Waals surface area (Å²) >= 11 is 0. The van der Waals surface area contributed by atoms with Crippen LogP contribution >= 0.6 is 0 Å². The number of nitrogens with one attached hydrogen (secondary N) is 1. The van der Waals surface area contributed by atoms with Crippen LogP contribution in [0.4, 0.5) is 4.79 Å². The monoisotopic (exact) mass is 376 g/mol. The molecule has 2 heterocycles. The summed E-state index contributed by atoms with van der Waals surface area (Å²) in [5, 5.41) is 4.28. The average molecular weight is 377 g/mol. The summed E-state index contributed by atoms with van der Waals surface area (Å²) in [6.45, 7) is 7.00. The summed E-state index contributed by atoms with van der Waals surface area (Å²) in [5.41, 5.74) is 4.96. The van der Waals surface area contributed by atoms with Crippen LogP contribution in [0.5, 0.6) is 0 Å². The molecule has 3 aromatic rings. The normalized spacial score (nSPS) is 15.1. The van der Waals surface area contributed by atoms with Crippen LogP contribution in [0.15, 0.2) is 54.7 Å². The molecule has 1 saturated heterocycles. The van der Waals surface area contributed by atoms with Crippen LogP contribution in [0.3, 0.4) is 0 Å². The Kier molecular flexibility index (Phi) is 5.35. The molecule has 28 heavy (non-hydrogen) atoms. The molecule has 1 aliphatic heterocycles. The maximum absolute atomic E-state index is 12.5. The molecule has 0 radical (unpaired) electrons. The number of carbonyl (C=O) groups is 1. The highest BCUT2D eigenvalue weighted by atomic mass is 16.2. The highest BCUT2D eigenvalue weighted by Gasteiger charge is 2.20. The van der Waals surface area contributed by atoms with Crippen molar-refractivity contribution in [1.29, 1.82) is 0 Å². The first kappa shape index (κ1) is 18.6. The molecule has 0 aliphatic carbocycles. The lowest BCUT2D eigenvalue weighted by atomic mass is 10.1. The smallest absolute Gasteiger partial charge is 0.317 e. The van der Waals surface area contributed by atoms with Crippen molar-refractivity contribution in [3.05, 3.63) is 71.4 Å². The highest BCUT2D eigenvalue weighted by Crippen LogP contribution is 2.17. The van der Waals surface area contributed by atoms with Crippen molar-refractivity contribution in [3.8, 4) is 0 Å². The number of nitrogens with zero attached hydrogens (tertiary/aromatic N) is 3. The van der Waals surface area contributed by atoms with E-state index in [1.165, 1.54) is 22.0 Å². The van der Waals surface area contributed by atoms with Gasteiger partial charge in [-0.2, -0.15) is 0 Å². The van der Waals surface area contributed by atoms with E-state index in [2.05, 4.69) is 76.4 Å². The van der Waals surface area contributed by atoms with Crippen molar-refractivity contribution in [2.24, 2.45) is 7.05 Å². The first-order chi connectivity index (χ1) is 13.6. The van der Waals surface area contributed by atoms with E-state index in [1.807, 2.05) is 11.9 Å². The lowest BCUT2D eigenvalue weighted by Crippen LogP contribution is -2.51. The fourth-order valence-corrected chi connectivity index (χ4v) is 3.79. The second kappa shape index (κ2) is 8.07. The molecule has 0 unspecified atom stereocenters. The summed E-state index contributed by atoms with van der Waals surface area (Å²) in [5.74, 6) is 0. The molecule has 4 rings (SSSR count). The van der Waals surface area contributed by atoms with Gasteiger partial charge >= 0.3 is 6.03 Å². The molecule has 2 aromatic carbocycles. The number of aromatic nitrogens is 1. The van der Waals surface area contributed by atoms with Gasteiger partial charge in [0, 0.05) is 58.0 Å². The summed E-state index contributed by atoms with van der Waals surface area (Å²) < 4.78 is 2.10. The van der Waals surface area contributed by atoms with E-state index in [4.69, 9.17) is 0 Å². The number of aryl methyl sites for hydroxylation is 2. The zero-order valence-electron chi connectivity index (χ0n) is 16.7. The second-order valence-electron chi connectivity index (χ2n) is 7.73. The number of benzene rings is 2. The van der Waals surface area contributed by atoms with E-state index in [0.717, 1.165) is 38.3 Å². The summed E-state index contributed by atoms with van der Waals surface area (Å²) in [4.78, 5) is 16.9. The van der Waals surface area contributed by atoms with Gasteiger partial charge in [-0.05, 0) is 41.6 Å². The number of carbonyl (C=O) groups excluding carboxylic acids is 1. The van der Waals surface area contributed by atoms with Crippen molar-refractivity contribution < 1.29 is 4.79 Å². The molecular formula is C23H28N4O. The van der Waals surface area contributed by atoms with Gasteiger partial charge in [-0.25, -0.2) is 4.79 Å². The topological polar surface area (TPSA) is 40.5 Å². The number of hydrogen-bond acceptors (Lipinski definition) is 2. The van der Waals surface area contributed by atoms with E-state index >= 15 is 0 Å². The number of rotatable bonds is 4. The van der Waals surface area contributed by atoms with E-state index in [-0.39, 0.29) is 6.03 Å². The van der Waals surface area contributed by atoms with Gasteiger partial charge in [0.25, 0.3) is 0 Å². The molecule has 0 atom stereocenters. The fourth-order valence-electron chi connectivity index (χ4n) is 3.79. The number of fused-ring (bicyclic) bond motifs is 1. The highest BCUT2D eigenvalue weighted by molar-refractivity contribution is 5.81. The van der Waals surface area contributed by atoms with Gasteiger partial charge in [0.1, 0.15) is 0 Å². The Labute approximate surface area is 166 Å². The van der Waals surface area contributed by atoms with Crippen LogP contribution in [0, 0.1) is 6.92 Å². The summed E-state index contributed by atoms with van der Waals surface area (Å²) in [6.07, 6.45) is 2.06. The van der Waals surface area contributed by atoms with Gasteiger partial charge in [0.05, 0.1) is 0 Å². The van der Waals surface area contributed by atoms with Crippen LogP contribution in [0.25, 0.3) is 10.9 Å². The number of hydrogen-bond donors (Lipinski definition) is 1. The average Bonchev–Trinajstić information content (AvgIpc) is 3.09. The number of amides is 2. The van der Waals surface area contributed by atoms with Gasteiger partial charge in [-0.15, -0.1) is 0 Å². The Balaban J connectivity index is 1.25. The molecule has 2 amide bonds. The lowest BCUT2D eigenvalue weighted by molar-refractivity contribution is 0.135. The molecule has 5 heteroatoms. The summed E-state index contributed by atoms with van der Waals surface area (Å²) in [6, 6.07) is 17.2. The molecular weight excluding hydrogens is 348 g/mol. The Morgan fingerprint density at radius 1 is 0.964 bits per heavy atom. The summed E-state index contributed by atoms with van der Waals surface area (Å²) in [7, 11) is 2.04. The van der Waals surface area contributed by atoms with Crippen LogP contribution in [-0.2, 0) is 20.1 Å². The maximum atomic E-state index is 12.5. The molecule has 0 spiro atoms. The fraction of sp³-hybridized carbons (Fsp3) is 0.348. The Morgan fingerprint density at radius 3 is 2.43 bits per heavy atom. The first-order valence-corrected chi connectivity index (χ1v) is 9.93. The third-order valence-electron chi connectivity index (χ3n) is 5.58. The standard InChI is InChI=1S/C23H28N4O/c1-18-3-5-19(6-4-18)17-26-11-13-27(14-12-26)23(28)24-16-20-7-8-22-21(15-20)9-10-25(22)2/h3-10,15H,11-14,16-17H2,1-2H3,(H,24,28). The minimum Gasteiger partial charge on any atom is -0.351 e. The van der Waals surface area contributed by atoms with E-state index in [1.54, 1.807) is 0 Å². The zero-order chi connectivity index (χ0) is 19.5. The molecule has 146 valence electrons. The first-order valence-electron chi connectivity index (χ1n) is 9.93. The van der Waals surface area contributed by atoms with E-state index < -0.39 is 0 Å². The quantitative estimate of drug-likeness (QED) is 0.757. The van der Waals surface area contributed by atoms with Crippen LogP contribution in [0.1, 0.15) is 16.7 Å². The molecule has 1 N–H and O–H groups in total. The van der Waals surface area contributed by atoms with Crippen LogP contribution in [0.2, 0.25) is 0 Å². The number of urea groups is 1. The van der Waals surface area contributed by atoms with Gasteiger partial charge in [0.2, 0.25) is 0 Å². The Morgan fingerprint density at radius 2 is 1.68 bits per heavy atom. The van der Waals surface area contributed by atoms with Crippen LogP contribution < -0.4 is 5.32 Å². The van der Waals surface area contributed by atoms with E-state index in [0.29, 0.717) is 6.54 Å². The van der Waals surface area contributed by atoms with Crippen LogP contribution in [-0.4, -0.2) is 46.6 Å². The predicted octanol–water partition coefficient (Wildman–Crippen LogP) is 3.51. The molecule has 5 nitrogen and oxygen atoms in total. The maximum Gasteiger partial charge on any atom is 0.317 e. The largest absolute Gasteiger partial charge is 0.351 e. The Bertz CT molecular complexity index is 952. The van der Waals surface area contributed by atoms with Crippen molar-refractivity contribution in [2.75, 3.05) is 26.2 Å². The van der Waals surface area contributed by atoms with Crippen molar-refractivity contribution in [1.82, 2.24) is 19.7 Å². The van der Waals surface area contributed by atoms with Gasteiger partial charge < -0.3 is 14.8 Å². The minimum absolute atomic E-state index is 0.0307. The lowest BCUT2D eigenvalue weighted by Gasteiger charge is -2.34. The van der Waals surface area contributed by atoms with Gasteiger partial charge in [0.15, 0.2) is 0 Å². The van der Waals surface area contributed by atoms with E-state index in [9.17, 15) is 4.79 Å². The molecule has 1 aromatic heterocycles. The third kappa shape index (κ3) is 4.20. The Hall–Kier alpha value is -2.79. The minimum atomic E-state index is 0.0307. The zero-order valence-corrected chi connectivity index (χ0v) is 16.7. The predicted molar refractivity (Wildman–Crippen MR) is 113 cm³/mol. The molecule has 1 aliphatic rings. The molecule has 0 saturated carbocycles. The SMILES string of the molecule is Cc1ccc(CN2CCN(C(=O)NCc3ccc4c(ccn4C)c3)CC2)cc1. The number of piperazine rings is 1. The van der Waals surface area contributed by atoms with Crippen molar-refractivity contribution in [3.63, 3.8) is 0 Å². The second-order valence-corrected chi connectivity index (χ2v) is 7.73.